The summed E-state index contributed by atoms with van der Waals surface area (Å²) in [6.07, 6.45) is 4.77. The van der Waals surface area contributed by atoms with Gasteiger partial charge in [-0.25, -0.2) is 0 Å². The van der Waals surface area contributed by atoms with Gasteiger partial charge < -0.3 is 15.6 Å². The standard InChI is InChI=1S/C23H24N4O/c24-14-20-15-27-22-6-1-16(13-21(20)22)7-12-26-23(28)19-4-2-17(3-5-19)18-8-10-25-11-9-18/h1-6,13,15,18,25,27H,7-12H2,(H,26,28). The van der Waals surface area contributed by atoms with E-state index in [4.69, 9.17) is 5.26 Å². The highest BCUT2D eigenvalue weighted by Crippen LogP contribution is 2.25. The molecule has 5 heteroatoms. The first-order valence-electron chi connectivity index (χ1n) is 9.83. The van der Waals surface area contributed by atoms with E-state index in [-0.39, 0.29) is 5.91 Å². The molecule has 142 valence electrons. The Bertz CT molecular complexity index is 1010. The van der Waals surface area contributed by atoms with Crippen LogP contribution in [0.5, 0.6) is 0 Å². The first-order valence-corrected chi connectivity index (χ1v) is 9.83. The van der Waals surface area contributed by atoms with E-state index in [1.54, 1.807) is 6.20 Å². The minimum absolute atomic E-state index is 0.0442. The van der Waals surface area contributed by atoms with Crippen LogP contribution in [0.1, 0.15) is 45.8 Å². The van der Waals surface area contributed by atoms with Crippen LogP contribution < -0.4 is 10.6 Å². The predicted octanol–water partition coefficient (Wildman–Crippen LogP) is 3.48. The summed E-state index contributed by atoms with van der Waals surface area (Å²) in [4.78, 5) is 15.5. The lowest BCUT2D eigenvalue weighted by Crippen LogP contribution is -2.27. The lowest BCUT2D eigenvalue weighted by molar-refractivity contribution is 0.0954. The molecule has 0 radical (unpaired) electrons. The second kappa shape index (κ2) is 8.28. The van der Waals surface area contributed by atoms with Gasteiger partial charge in [0.1, 0.15) is 6.07 Å². The molecular formula is C23H24N4O. The average molecular weight is 372 g/mol. The van der Waals surface area contributed by atoms with Gasteiger partial charge in [0.15, 0.2) is 0 Å². The molecule has 28 heavy (non-hydrogen) atoms. The van der Waals surface area contributed by atoms with E-state index in [1.165, 1.54) is 5.56 Å². The molecule has 2 aromatic carbocycles. The molecule has 1 saturated heterocycles. The number of piperidine rings is 1. The number of nitrogens with zero attached hydrogens (tertiary/aromatic N) is 1. The zero-order chi connectivity index (χ0) is 19.3. The number of benzene rings is 2. The Morgan fingerprint density at radius 1 is 1.14 bits per heavy atom. The highest BCUT2D eigenvalue weighted by Gasteiger charge is 2.15. The lowest BCUT2D eigenvalue weighted by atomic mass is 9.90. The summed E-state index contributed by atoms with van der Waals surface area (Å²) in [5, 5.41) is 16.5. The largest absolute Gasteiger partial charge is 0.360 e. The van der Waals surface area contributed by atoms with Crippen LogP contribution in [0.2, 0.25) is 0 Å². The van der Waals surface area contributed by atoms with Crippen LogP contribution in [0.25, 0.3) is 10.9 Å². The number of carbonyl (C=O) groups excluding carboxylic acids is 1. The summed E-state index contributed by atoms with van der Waals surface area (Å²) in [5.74, 6) is 0.553. The zero-order valence-corrected chi connectivity index (χ0v) is 15.8. The summed E-state index contributed by atoms with van der Waals surface area (Å²) in [6.45, 7) is 2.70. The molecule has 3 N–H and O–H groups in total. The second-order valence-corrected chi connectivity index (χ2v) is 7.35. The van der Waals surface area contributed by atoms with Gasteiger partial charge in [0.05, 0.1) is 5.56 Å². The normalized spacial score (nSPS) is 14.7. The van der Waals surface area contributed by atoms with Crippen molar-refractivity contribution in [2.45, 2.75) is 25.2 Å². The maximum atomic E-state index is 12.4. The van der Waals surface area contributed by atoms with Crippen molar-refractivity contribution in [3.8, 4) is 6.07 Å². The van der Waals surface area contributed by atoms with Gasteiger partial charge in [-0.3, -0.25) is 4.79 Å². The Morgan fingerprint density at radius 2 is 1.93 bits per heavy atom. The summed E-state index contributed by atoms with van der Waals surface area (Å²) < 4.78 is 0. The van der Waals surface area contributed by atoms with Gasteiger partial charge in [-0.1, -0.05) is 18.2 Å². The zero-order valence-electron chi connectivity index (χ0n) is 15.8. The predicted molar refractivity (Wildman–Crippen MR) is 110 cm³/mol. The van der Waals surface area contributed by atoms with Crippen molar-refractivity contribution in [3.05, 3.63) is 70.9 Å². The quantitative estimate of drug-likeness (QED) is 0.641. The SMILES string of the molecule is N#Cc1c[nH]c2ccc(CCNC(=O)c3ccc(C4CCNCC4)cc3)cc12. The minimum Gasteiger partial charge on any atom is -0.360 e. The molecule has 4 rings (SSSR count). The van der Waals surface area contributed by atoms with Crippen molar-refractivity contribution >= 4 is 16.8 Å². The Hall–Kier alpha value is -3.10. The Balaban J connectivity index is 1.33. The monoisotopic (exact) mass is 372 g/mol. The van der Waals surface area contributed by atoms with Crippen molar-refractivity contribution in [2.75, 3.05) is 19.6 Å². The number of fused-ring (bicyclic) bond motifs is 1. The molecule has 5 nitrogen and oxygen atoms in total. The summed E-state index contributed by atoms with van der Waals surface area (Å²) in [7, 11) is 0. The maximum Gasteiger partial charge on any atom is 0.251 e. The Kier molecular flexibility index (Phi) is 5.41. The highest BCUT2D eigenvalue weighted by atomic mass is 16.1. The number of hydrogen-bond donors (Lipinski definition) is 3. The van der Waals surface area contributed by atoms with Crippen molar-refractivity contribution in [1.82, 2.24) is 15.6 Å². The third-order valence-electron chi connectivity index (χ3n) is 5.55. The van der Waals surface area contributed by atoms with Crippen molar-refractivity contribution in [1.29, 1.82) is 5.26 Å². The number of rotatable bonds is 5. The fourth-order valence-corrected chi connectivity index (χ4v) is 3.90. The van der Waals surface area contributed by atoms with E-state index in [2.05, 4.69) is 33.8 Å². The molecular weight excluding hydrogens is 348 g/mol. The molecule has 2 heterocycles. The Morgan fingerprint density at radius 3 is 2.68 bits per heavy atom. The van der Waals surface area contributed by atoms with E-state index in [0.29, 0.717) is 23.6 Å². The lowest BCUT2D eigenvalue weighted by Gasteiger charge is -2.23. The van der Waals surface area contributed by atoms with Gasteiger partial charge in [-0.05, 0) is 73.7 Å². The van der Waals surface area contributed by atoms with Crippen LogP contribution in [0.3, 0.4) is 0 Å². The number of amides is 1. The van der Waals surface area contributed by atoms with Gasteiger partial charge in [0.2, 0.25) is 0 Å². The molecule has 3 aromatic rings. The molecule has 1 fully saturated rings. The van der Waals surface area contributed by atoms with Gasteiger partial charge in [-0.15, -0.1) is 0 Å². The molecule has 0 aliphatic carbocycles. The Labute approximate surface area is 164 Å². The highest BCUT2D eigenvalue weighted by molar-refractivity contribution is 5.94. The van der Waals surface area contributed by atoms with E-state index in [9.17, 15) is 4.79 Å². The van der Waals surface area contributed by atoms with Crippen molar-refractivity contribution in [3.63, 3.8) is 0 Å². The van der Waals surface area contributed by atoms with E-state index >= 15 is 0 Å². The third kappa shape index (κ3) is 3.92. The van der Waals surface area contributed by atoms with E-state index < -0.39 is 0 Å². The molecule has 0 unspecified atom stereocenters. The maximum absolute atomic E-state index is 12.4. The number of carbonyl (C=O) groups is 1. The molecule has 1 amide bonds. The number of aromatic amines is 1. The van der Waals surface area contributed by atoms with Gasteiger partial charge in [0.25, 0.3) is 5.91 Å². The number of hydrogen-bond acceptors (Lipinski definition) is 3. The summed E-state index contributed by atoms with van der Waals surface area (Å²) in [6, 6.07) is 16.3. The molecule has 0 atom stereocenters. The topological polar surface area (TPSA) is 80.7 Å². The van der Waals surface area contributed by atoms with Crippen LogP contribution in [0.4, 0.5) is 0 Å². The minimum atomic E-state index is -0.0442. The van der Waals surface area contributed by atoms with Crippen LogP contribution in [-0.2, 0) is 6.42 Å². The molecule has 0 bridgehead atoms. The van der Waals surface area contributed by atoms with Crippen molar-refractivity contribution in [2.24, 2.45) is 0 Å². The van der Waals surface area contributed by atoms with Gasteiger partial charge in [-0.2, -0.15) is 5.26 Å². The van der Waals surface area contributed by atoms with E-state index in [0.717, 1.165) is 48.8 Å². The molecule has 0 saturated carbocycles. The average Bonchev–Trinajstić information content (AvgIpc) is 3.17. The summed E-state index contributed by atoms with van der Waals surface area (Å²) >= 11 is 0. The van der Waals surface area contributed by atoms with Crippen molar-refractivity contribution < 1.29 is 4.79 Å². The molecule has 0 spiro atoms. The number of nitriles is 1. The van der Waals surface area contributed by atoms with Crippen LogP contribution in [0.15, 0.2) is 48.7 Å². The summed E-state index contributed by atoms with van der Waals surface area (Å²) in [5.41, 5.74) is 4.73. The number of aromatic nitrogens is 1. The first-order chi connectivity index (χ1) is 13.7. The smallest absolute Gasteiger partial charge is 0.251 e. The van der Waals surface area contributed by atoms with Crippen LogP contribution >= 0.6 is 0 Å². The van der Waals surface area contributed by atoms with Crippen LogP contribution in [0, 0.1) is 11.3 Å². The van der Waals surface area contributed by atoms with Gasteiger partial charge in [0, 0.05) is 29.2 Å². The number of H-pyrrole nitrogens is 1. The second-order valence-electron chi connectivity index (χ2n) is 7.35. The van der Waals surface area contributed by atoms with Crippen LogP contribution in [-0.4, -0.2) is 30.5 Å². The fraction of sp³-hybridized carbons (Fsp3) is 0.304. The molecule has 1 aliphatic rings. The molecule has 1 aliphatic heterocycles. The first kappa shape index (κ1) is 18.3. The fourth-order valence-electron chi connectivity index (χ4n) is 3.90. The third-order valence-corrected chi connectivity index (χ3v) is 5.55. The van der Waals surface area contributed by atoms with E-state index in [1.807, 2.05) is 30.3 Å². The number of nitrogens with one attached hydrogen (secondary N) is 3. The molecule has 1 aromatic heterocycles. The van der Waals surface area contributed by atoms with Gasteiger partial charge >= 0.3 is 0 Å².